The second-order valence-corrected chi connectivity index (χ2v) is 4.50. The molecule has 0 radical (unpaired) electrons. The molecule has 0 aliphatic heterocycles. The number of aromatic nitrogens is 1. The van der Waals surface area contributed by atoms with Crippen LogP contribution >= 0.6 is 0 Å². The molecule has 112 valence electrons. The van der Waals surface area contributed by atoms with E-state index >= 15 is 0 Å². The molecule has 0 saturated heterocycles. The van der Waals surface area contributed by atoms with Gasteiger partial charge in [-0.05, 0) is 36.4 Å². The molecular weight excluding hydrogens is 278 g/mol. The lowest BCUT2D eigenvalue weighted by Crippen LogP contribution is -2.37. The van der Waals surface area contributed by atoms with Gasteiger partial charge in [-0.1, -0.05) is 0 Å². The van der Waals surface area contributed by atoms with Crippen LogP contribution in [0.15, 0.2) is 48.8 Å². The summed E-state index contributed by atoms with van der Waals surface area (Å²) >= 11 is 0. The Kier molecular flexibility index (Phi) is 5.05. The number of nitrogens with zero attached hydrogens (tertiary/aromatic N) is 2. The van der Waals surface area contributed by atoms with E-state index in [1.54, 1.807) is 24.3 Å². The number of rotatable bonds is 6. The van der Waals surface area contributed by atoms with Crippen LogP contribution in [-0.4, -0.2) is 46.6 Å². The highest BCUT2D eigenvalue weighted by Gasteiger charge is 2.19. The van der Waals surface area contributed by atoms with E-state index in [1.165, 1.54) is 0 Å². The van der Waals surface area contributed by atoms with E-state index in [0.29, 0.717) is 5.56 Å². The molecule has 0 aliphatic rings. The zero-order valence-electron chi connectivity index (χ0n) is 11.3. The molecule has 0 saturated carbocycles. The van der Waals surface area contributed by atoms with Gasteiger partial charge in [-0.25, -0.2) is 8.78 Å². The lowest BCUT2D eigenvalue weighted by molar-refractivity contribution is 0.0509. The van der Waals surface area contributed by atoms with E-state index in [9.17, 15) is 13.6 Å². The van der Waals surface area contributed by atoms with Gasteiger partial charge in [0.05, 0.1) is 13.2 Å². The maximum Gasteiger partial charge on any atom is 0.255 e. The van der Waals surface area contributed by atoms with Crippen LogP contribution in [0, 0.1) is 0 Å². The van der Waals surface area contributed by atoms with Gasteiger partial charge >= 0.3 is 0 Å². The number of alkyl halides is 2. The third kappa shape index (κ3) is 3.88. The molecule has 1 amide bonds. The Hall–Kier alpha value is -2.21. The number of amides is 1. The van der Waals surface area contributed by atoms with Crippen LogP contribution in [0.2, 0.25) is 0 Å². The molecule has 1 aromatic carbocycles. The van der Waals surface area contributed by atoms with Crippen molar-refractivity contribution in [2.45, 2.75) is 6.43 Å². The fourth-order valence-electron chi connectivity index (χ4n) is 2.03. The normalized spacial score (nSPS) is 10.9. The minimum Gasteiger partial charge on any atom is -0.395 e. The van der Waals surface area contributed by atoms with Gasteiger partial charge in [-0.2, -0.15) is 0 Å². The Morgan fingerprint density at radius 2 is 1.81 bits per heavy atom. The predicted octanol–water partition coefficient (Wildman–Crippen LogP) is 2.18. The van der Waals surface area contributed by atoms with Crippen molar-refractivity contribution in [1.82, 2.24) is 9.47 Å². The van der Waals surface area contributed by atoms with E-state index in [4.69, 9.17) is 5.11 Å². The standard InChI is InChI=1S/C15H16F2N2O2/c16-14(17)11-19(9-10-20)15(21)12-3-5-13(6-4-12)18-7-1-2-8-18/h1-8,14,20H,9-11H2. The quantitative estimate of drug-likeness (QED) is 0.887. The van der Waals surface area contributed by atoms with Crippen LogP contribution in [-0.2, 0) is 0 Å². The fourth-order valence-corrected chi connectivity index (χ4v) is 2.03. The molecule has 0 fully saturated rings. The minimum absolute atomic E-state index is 0.109. The summed E-state index contributed by atoms with van der Waals surface area (Å²) in [6.45, 7) is -1.14. The summed E-state index contributed by atoms with van der Waals surface area (Å²) in [5.74, 6) is -0.511. The van der Waals surface area contributed by atoms with E-state index in [1.807, 2.05) is 29.1 Å². The van der Waals surface area contributed by atoms with E-state index in [0.717, 1.165) is 10.6 Å². The Morgan fingerprint density at radius 1 is 1.19 bits per heavy atom. The van der Waals surface area contributed by atoms with Crippen molar-refractivity contribution in [1.29, 1.82) is 0 Å². The average Bonchev–Trinajstić information content (AvgIpc) is 3.00. The highest BCUT2D eigenvalue weighted by atomic mass is 19.3. The van der Waals surface area contributed by atoms with Crippen molar-refractivity contribution in [2.75, 3.05) is 19.7 Å². The summed E-state index contributed by atoms with van der Waals surface area (Å²) in [6, 6.07) is 10.4. The topological polar surface area (TPSA) is 45.5 Å². The van der Waals surface area contributed by atoms with Crippen LogP contribution in [0.4, 0.5) is 8.78 Å². The number of aliphatic hydroxyl groups excluding tert-OH is 1. The first kappa shape index (κ1) is 15.2. The smallest absolute Gasteiger partial charge is 0.255 e. The van der Waals surface area contributed by atoms with Crippen LogP contribution in [0.1, 0.15) is 10.4 Å². The third-order valence-electron chi connectivity index (χ3n) is 3.03. The highest BCUT2D eigenvalue weighted by Crippen LogP contribution is 2.12. The van der Waals surface area contributed by atoms with Gasteiger partial charge in [0.1, 0.15) is 0 Å². The molecule has 0 bridgehead atoms. The van der Waals surface area contributed by atoms with E-state index in [2.05, 4.69) is 0 Å². The first-order chi connectivity index (χ1) is 10.1. The molecule has 2 rings (SSSR count). The van der Waals surface area contributed by atoms with Gasteiger partial charge in [0.25, 0.3) is 12.3 Å². The Balaban J connectivity index is 2.14. The minimum atomic E-state index is -2.63. The number of hydrogen-bond donors (Lipinski definition) is 1. The monoisotopic (exact) mass is 294 g/mol. The molecule has 1 aromatic heterocycles. The molecule has 0 aliphatic carbocycles. The summed E-state index contributed by atoms with van der Waals surface area (Å²) in [6.07, 6.45) is 1.11. The second-order valence-electron chi connectivity index (χ2n) is 4.50. The number of halogens is 2. The number of carbonyl (C=O) groups is 1. The summed E-state index contributed by atoms with van der Waals surface area (Å²) in [7, 11) is 0. The molecule has 0 spiro atoms. The lowest BCUT2D eigenvalue weighted by atomic mass is 10.1. The van der Waals surface area contributed by atoms with E-state index < -0.39 is 18.9 Å². The number of hydrogen-bond acceptors (Lipinski definition) is 2. The number of benzene rings is 1. The van der Waals surface area contributed by atoms with Crippen molar-refractivity contribution in [3.8, 4) is 5.69 Å². The highest BCUT2D eigenvalue weighted by molar-refractivity contribution is 5.94. The van der Waals surface area contributed by atoms with Crippen molar-refractivity contribution in [3.63, 3.8) is 0 Å². The largest absolute Gasteiger partial charge is 0.395 e. The Bertz CT molecular complexity index is 568. The fraction of sp³-hybridized carbons (Fsp3) is 0.267. The van der Waals surface area contributed by atoms with Gasteiger partial charge in [-0.3, -0.25) is 4.79 Å². The zero-order chi connectivity index (χ0) is 15.2. The lowest BCUT2D eigenvalue weighted by Gasteiger charge is -2.21. The molecular formula is C15H16F2N2O2. The van der Waals surface area contributed by atoms with Gasteiger partial charge in [0, 0.05) is 30.2 Å². The van der Waals surface area contributed by atoms with Crippen molar-refractivity contribution >= 4 is 5.91 Å². The van der Waals surface area contributed by atoms with Gasteiger partial charge < -0.3 is 14.6 Å². The summed E-state index contributed by atoms with van der Waals surface area (Å²) < 4.78 is 26.8. The van der Waals surface area contributed by atoms with Crippen LogP contribution in [0.5, 0.6) is 0 Å². The first-order valence-corrected chi connectivity index (χ1v) is 6.53. The predicted molar refractivity (Wildman–Crippen MR) is 74.8 cm³/mol. The molecule has 6 heteroatoms. The molecule has 1 heterocycles. The van der Waals surface area contributed by atoms with Crippen LogP contribution < -0.4 is 0 Å². The maximum absolute atomic E-state index is 12.5. The van der Waals surface area contributed by atoms with Gasteiger partial charge in [0.15, 0.2) is 0 Å². The maximum atomic E-state index is 12.5. The molecule has 1 N–H and O–H groups in total. The van der Waals surface area contributed by atoms with E-state index in [-0.39, 0.29) is 13.2 Å². The summed E-state index contributed by atoms with van der Waals surface area (Å²) in [5, 5.41) is 8.87. The molecule has 4 nitrogen and oxygen atoms in total. The van der Waals surface area contributed by atoms with Crippen LogP contribution in [0.25, 0.3) is 5.69 Å². The molecule has 2 aromatic rings. The van der Waals surface area contributed by atoms with Crippen molar-refractivity contribution in [3.05, 3.63) is 54.4 Å². The number of aliphatic hydroxyl groups is 1. The van der Waals surface area contributed by atoms with Gasteiger partial charge in [-0.15, -0.1) is 0 Å². The second kappa shape index (κ2) is 6.99. The SMILES string of the molecule is O=C(c1ccc(-n2cccc2)cc1)N(CCO)CC(F)F. The first-order valence-electron chi connectivity index (χ1n) is 6.53. The molecule has 0 atom stereocenters. The number of carbonyl (C=O) groups excluding carboxylic acids is 1. The zero-order valence-corrected chi connectivity index (χ0v) is 11.3. The average molecular weight is 294 g/mol. The Labute approximate surface area is 121 Å². The summed E-state index contributed by atoms with van der Waals surface area (Å²) in [5.41, 5.74) is 1.19. The molecule has 0 unspecified atom stereocenters. The van der Waals surface area contributed by atoms with Gasteiger partial charge in [0.2, 0.25) is 0 Å². The Morgan fingerprint density at radius 3 is 2.33 bits per heavy atom. The van der Waals surface area contributed by atoms with Crippen molar-refractivity contribution in [2.24, 2.45) is 0 Å². The van der Waals surface area contributed by atoms with Crippen LogP contribution in [0.3, 0.4) is 0 Å². The van der Waals surface area contributed by atoms with Crippen molar-refractivity contribution < 1.29 is 18.7 Å². The third-order valence-corrected chi connectivity index (χ3v) is 3.03. The molecule has 21 heavy (non-hydrogen) atoms. The summed E-state index contributed by atoms with van der Waals surface area (Å²) in [4.78, 5) is 13.1.